The van der Waals surface area contributed by atoms with Gasteiger partial charge in [0.15, 0.2) is 11.6 Å². The number of likely N-dealkylation sites (tertiary alicyclic amines) is 1. The highest BCUT2D eigenvalue weighted by Gasteiger charge is 2.18. The molecule has 100 valence electrons. The Morgan fingerprint density at radius 2 is 2.28 bits per heavy atom. The lowest BCUT2D eigenvalue weighted by molar-refractivity contribution is 0.194. The molecule has 0 aromatic heterocycles. The summed E-state index contributed by atoms with van der Waals surface area (Å²) in [5.74, 6) is -0.0326. The zero-order chi connectivity index (χ0) is 13.0. The Morgan fingerprint density at radius 3 is 3.00 bits per heavy atom. The Morgan fingerprint density at radius 1 is 1.44 bits per heavy atom. The number of halogens is 1. The van der Waals surface area contributed by atoms with Gasteiger partial charge >= 0.3 is 0 Å². The molecule has 1 saturated heterocycles. The lowest BCUT2D eigenvalue weighted by Crippen LogP contribution is -2.40. The van der Waals surface area contributed by atoms with E-state index in [0.29, 0.717) is 6.04 Å². The van der Waals surface area contributed by atoms with Crippen LogP contribution in [0.3, 0.4) is 0 Å². The van der Waals surface area contributed by atoms with Crippen molar-refractivity contribution in [3.8, 4) is 5.75 Å². The van der Waals surface area contributed by atoms with Gasteiger partial charge in [-0.1, -0.05) is 6.42 Å². The third kappa shape index (κ3) is 3.13. The van der Waals surface area contributed by atoms with Crippen molar-refractivity contribution in [1.82, 2.24) is 4.90 Å². The van der Waals surface area contributed by atoms with Crippen LogP contribution >= 0.6 is 0 Å². The van der Waals surface area contributed by atoms with Crippen LogP contribution in [0.15, 0.2) is 18.2 Å². The number of methoxy groups -OCH3 is 1. The van der Waals surface area contributed by atoms with Crippen molar-refractivity contribution >= 4 is 5.69 Å². The molecule has 1 atom stereocenters. The average molecular weight is 252 g/mol. The molecule has 0 bridgehead atoms. The highest BCUT2D eigenvalue weighted by Crippen LogP contribution is 2.22. The van der Waals surface area contributed by atoms with Gasteiger partial charge in [-0.05, 0) is 38.6 Å². The Hall–Kier alpha value is -1.29. The highest BCUT2D eigenvalue weighted by atomic mass is 19.1. The molecule has 1 aromatic carbocycles. The largest absolute Gasteiger partial charge is 0.494 e. The van der Waals surface area contributed by atoms with Gasteiger partial charge in [-0.2, -0.15) is 0 Å². The van der Waals surface area contributed by atoms with Crippen molar-refractivity contribution in [2.24, 2.45) is 0 Å². The fourth-order valence-electron chi connectivity index (χ4n) is 2.41. The molecule has 18 heavy (non-hydrogen) atoms. The highest BCUT2D eigenvalue weighted by molar-refractivity contribution is 5.48. The summed E-state index contributed by atoms with van der Waals surface area (Å²) < 4.78 is 18.2. The molecule has 0 saturated carbocycles. The number of nitrogens with zero attached hydrogens (tertiary/aromatic N) is 1. The van der Waals surface area contributed by atoms with Gasteiger partial charge in [0.05, 0.1) is 7.11 Å². The van der Waals surface area contributed by atoms with Crippen LogP contribution in [0.2, 0.25) is 0 Å². The van der Waals surface area contributed by atoms with Crippen LogP contribution in [0.1, 0.15) is 19.3 Å². The van der Waals surface area contributed by atoms with Gasteiger partial charge in [-0.15, -0.1) is 0 Å². The number of hydrogen-bond acceptors (Lipinski definition) is 3. The van der Waals surface area contributed by atoms with Crippen LogP contribution in [0.4, 0.5) is 10.1 Å². The van der Waals surface area contributed by atoms with Crippen LogP contribution in [-0.2, 0) is 0 Å². The molecule has 2 rings (SSSR count). The van der Waals surface area contributed by atoms with E-state index in [1.807, 2.05) is 0 Å². The number of likely N-dealkylation sites (N-methyl/N-ethyl adjacent to an activating group) is 1. The summed E-state index contributed by atoms with van der Waals surface area (Å²) in [4.78, 5) is 2.39. The maximum absolute atomic E-state index is 13.3. The van der Waals surface area contributed by atoms with E-state index in [1.54, 1.807) is 12.1 Å². The Bertz CT molecular complexity index is 397. The molecule has 3 nitrogen and oxygen atoms in total. The number of benzene rings is 1. The van der Waals surface area contributed by atoms with Gasteiger partial charge < -0.3 is 15.0 Å². The predicted molar refractivity (Wildman–Crippen MR) is 71.7 cm³/mol. The zero-order valence-electron chi connectivity index (χ0n) is 11.1. The number of ether oxygens (including phenoxy) is 1. The van der Waals surface area contributed by atoms with E-state index in [4.69, 9.17) is 4.74 Å². The van der Waals surface area contributed by atoms with Gasteiger partial charge in [-0.25, -0.2) is 4.39 Å². The molecule has 1 aliphatic rings. The molecule has 1 fully saturated rings. The van der Waals surface area contributed by atoms with Crippen LogP contribution in [0.5, 0.6) is 5.75 Å². The van der Waals surface area contributed by atoms with Crippen LogP contribution in [0, 0.1) is 5.82 Å². The maximum Gasteiger partial charge on any atom is 0.165 e. The second-order valence-corrected chi connectivity index (χ2v) is 4.86. The monoisotopic (exact) mass is 252 g/mol. The summed E-state index contributed by atoms with van der Waals surface area (Å²) in [6.07, 6.45) is 3.81. The molecule has 0 aliphatic carbocycles. The summed E-state index contributed by atoms with van der Waals surface area (Å²) in [5.41, 5.74) is 0.909. The van der Waals surface area contributed by atoms with Gasteiger partial charge in [0.2, 0.25) is 0 Å². The topological polar surface area (TPSA) is 24.5 Å². The van der Waals surface area contributed by atoms with Crippen molar-refractivity contribution in [1.29, 1.82) is 0 Å². The molecule has 1 aliphatic heterocycles. The Labute approximate surface area is 108 Å². The summed E-state index contributed by atoms with van der Waals surface area (Å²) in [7, 11) is 3.65. The van der Waals surface area contributed by atoms with Crippen LogP contribution < -0.4 is 10.1 Å². The molecule has 1 unspecified atom stereocenters. The first-order valence-corrected chi connectivity index (χ1v) is 6.48. The number of rotatable bonds is 4. The second-order valence-electron chi connectivity index (χ2n) is 4.86. The SMILES string of the molecule is COc1cc(NCC2CCCCN2C)ccc1F. The molecule has 1 aromatic rings. The van der Waals surface area contributed by atoms with Crippen molar-refractivity contribution in [2.45, 2.75) is 25.3 Å². The zero-order valence-corrected chi connectivity index (χ0v) is 11.1. The summed E-state index contributed by atoms with van der Waals surface area (Å²) in [6.45, 7) is 2.06. The lowest BCUT2D eigenvalue weighted by atomic mass is 10.0. The van der Waals surface area contributed by atoms with Crippen LogP contribution in [0.25, 0.3) is 0 Å². The quantitative estimate of drug-likeness (QED) is 0.891. The summed E-state index contributed by atoms with van der Waals surface area (Å²) >= 11 is 0. The number of anilines is 1. The smallest absolute Gasteiger partial charge is 0.165 e. The van der Waals surface area contributed by atoms with Gasteiger partial charge in [0, 0.05) is 24.3 Å². The van der Waals surface area contributed by atoms with Crippen molar-refractivity contribution in [3.05, 3.63) is 24.0 Å². The van der Waals surface area contributed by atoms with E-state index in [0.717, 1.165) is 12.2 Å². The van der Waals surface area contributed by atoms with E-state index in [9.17, 15) is 4.39 Å². The molecule has 1 N–H and O–H groups in total. The van der Waals surface area contributed by atoms with E-state index in [2.05, 4.69) is 17.3 Å². The number of piperidine rings is 1. The molecule has 1 heterocycles. The molecule has 4 heteroatoms. The van der Waals surface area contributed by atoms with E-state index < -0.39 is 0 Å². The van der Waals surface area contributed by atoms with E-state index in [-0.39, 0.29) is 11.6 Å². The maximum atomic E-state index is 13.3. The summed E-state index contributed by atoms with van der Waals surface area (Å²) in [5, 5.41) is 3.36. The minimum atomic E-state index is -0.321. The first-order valence-electron chi connectivity index (χ1n) is 6.48. The van der Waals surface area contributed by atoms with Gasteiger partial charge in [0.1, 0.15) is 0 Å². The minimum Gasteiger partial charge on any atom is -0.494 e. The Kier molecular flexibility index (Phi) is 4.42. The first kappa shape index (κ1) is 13.1. The second kappa shape index (κ2) is 6.05. The molecule has 0 amide bonds. The van der Waals surface area contributed by atoms with Crippen molar-refractivity contribution in [2.75, 3.05) is 32.6 Å². The van der Waals surface area contributed by atoms with Crippen LogP contribution in [-0.4, -0.2) is 38.2 Å². The third-order valence-corrected chi connectivity index (χ3v) is 3.61. The molecular formula is C14H21FN2O. The molecule has 0 spiro atoms. The minimum absolute atomic E-state index is 0.289. The summed E-state index contributed by atoms with van der Waals surface area (Å²) in [6, 6.07) is 5.46. The fourth-order valence-corrected chi connectivity index (χ4v) is 2.41. The average Bonchev–Trinajstić information content (AvgIpc) is 2.39. The Balaban J connectivity index is 1.93. The predicted octanol–water partition coefficient (Wildman–Crippen LogP) is 2.73. The number of hydrogen-bond donors (Lipinski definition) is 1. The lowest BCUT2D eigenvalue weighted by Gasteiger charge is -2.32. The number of nitrogens with one attached hydrogen (secondary N) is 1. The normalized spacial score (nSPS) is 20.7. The third-order valence-electron chi connectivity index (χ3n) is 3.61. The molecule has 0 radical (unpaired) electrons. The van der Waals surface area contributed by atoms with Crippen molar-refractivity contribution < 1.29 is 9.13 Å². The van der Waals surface area contributed by atoms with Crippen molar-refractivity contribution in [3.63, 3.8) is 0 Å². The van der Waals surface area contributed by atoms with Gasteiger partial charge in [-0.3, -0.25) is 0 Å². The fraction of sp³-hybridized carbons (Fsp3) is 0.571. The standard InChI is InChI=1S/C14H21FN2O/c1-17-8-4-3-5-12(17)10-16-11-6-7-13(15)14(9-11)18-2/h6-7,9,12,16H,3-5,8,10H2,1-2H3. The van der Waals surface area contributed by atoms with E-state index >= 15 is 0 Å². The first-order chi connectivity index (χ1) is 8.70. The molecular weight excluding hydrogens is 231 g/mol. The van der Waals surface area contributed by atoms with E-state index in [1.165, 1.54) is 39.0 Å². The van der Waals surface area contributed by atoms with Gasteiger partial charge in [0.25, 0.3) is 0 Å².